The first-order valence-corrected chi connectivity index (χ1v) is 9.35. The van der Waals surface area contributed by atoms with Crippen molar-refractivity contribution < 1.29 is 18.0 Å². The molecule has 6 nitrogen and oxygen atoms in total. The summed E-state index contributed by atoms with van der Waals surface area (Å²) < 4.78 is 27.0. The van der Waals surface area contributed by atoms with Gasteiger partial charge < -0.3 is 0 Å². The van der Waals surface area contributed by atoms with E-state index in [-0.39, 0.29) is 22.7 Å². The van der Waals surface area contributed by atoms with Gasteiger partial charge in [0.05, 0.1) is 22.9 Å². The lowest BCUT2D eigenvalue weighted by Crippen LogP contribution is -2.31. The average Bonchev–Trinajstić information content (AvgIpc) is 2.54. The van der Waals surface area contributed by atoms with E-state index in [1.165, 1.54) is 25.1 Å². The Morgan fingerprint density at radius 2 is 1.80 bits per heavy atom. The number of rotatable bonds is 5. The molecular weight excluding hydrogens is 408 g/mol. The van der Waals surface area contributed by atoms with Gasteiger partial charge in [-0.15, -0.1) is 0 Å². The predicted octanol–water partition coefficient (Wildman–Crippen LogP) is 2.57. The smallest absolute Gasteiger partial charge is 0.264 e. The fraction of sp³-hybridized carbons (Fsp3) is 0.118. The van der Waals surface area contributed by atoms with Crippen LogP contribution >= 0.6 is 15.9 Å². The van der Waals surface area contributed by atoms with Crippen molar-refractivity contribution in [3.05, 3.63) is 63.6 Å². The largest absolute Gasteiger partial charge is 0.295 e. The fourth-order valence-corrected chi connectivity index (χ4v) is 3.77. The van der Waals surface area contributed by atoms with Crippen LogP contribution in [-0.2, 0) is 21.2 Å². The lowest BCUT2D eigenvalue weighted by atomic mass is 10.1. The number of carbonyl (C=O) groups excluding carboxylic acids is 2. The molecule has 2 aromatic carbocycles. The van der Waals surface area contributed by atoms with Gasteiger partial charge in [0.15, 0.2) is 5.78 Å². The van der Waals surface area contributed by atoms with Gasteiger partial charge in [-0.25, -0.2) is 13.1 Å². The third-order valence-electron chi connectivity index (χ3n) is 3.28. The molecule has 0 fully saturated rings. The molecule has 128 valence electrons. The molecule has 0 atom stereocenters. The molecule has 2 rings (SSSR count). The Labute approximate surface area is 153 Å². The first kappa shape index (κ1) is 18.8. The number of Topliss-reactive ketones (excluding diaryl/α,β-unsaturated/α-hetero) is 1. The number of nitrogens with zero attached hydrogens (tertiary/aromatic N) is 1. The minimum atomic E-state index is -4.09. The van der Waals surface area contributed by atoms with E-state index in [0.29, 0.717) is 15.6 Å². The number of nitriles is 1. The number of hydrogen-bond acceptors (Lipinski definition) is 5. The standard InChI is InChI=1S/C17H13BrN2O4S/c1-11(21)14-4-2-12(3-5-14)8-17(22)20-25(23,24)16-7-13(10-19)6-15(18)9-16/h2-7,9H,8H2,1H3,(H,20,22). The van der Waals surface area contributed by atoms with Crippen molar-refractivity contribution in [1.29, 1.82) is 5.26 Å². The van der Waals surface area contributed by atoms with E-state index in [2.05, 4.69) is 15.9 Å². The molecule has 0 spiro atoms. The van der Waals surface area contributed by atoms with Crippen molar-refractivity contribution in [1.82, 2.24) is 4.72 Å². The number of sulfonamides is 1. The van der Waals surface area contributed by atoms with E-state index in [0.717, 1.165) is 0 Å². The van der Waals surface area contributed by atoms with E-state index in [1.807, 2.05) is 10.8 Å². The first-order valence-electron chi connectivity index (χ1n) is 7.07. The quantitative estimate of drug-likeness (QED) is 0.748. The van der Waals surface area contributed by atoms with Crippen LogP contribution in [0.2, 0.25) is 0 Å². The second-order valence-corrected chi connectivity index (χ2v) is 7.84. The molecule has 0 radical (unpaired) electrons. The molecule has 0 saturated carbocycles. The van der Waals surface area contributed by atoms with Crippen molar-refractivity contribution in [3.63, 3.8) is 0 Å². The van der Waals surface area contributed by atoms with Crippen LogP contribution in [0.1, 0.15) is 28.4 Å². The number of carbonyl (C=O) groups is 2. The molecule has 0 bridgehead atoms. The number of hydrogen-bond donors (Lipinski definition) is 1. The molecule has 0 aliphatic heterocycles. The van der Waals surface area contributed by atoms with Gasteiger partial charge in [-0.1, -0.05) is 40.2 Å². The van der Waals surface area contributed by atoms with Crippen LogP contribution in [-0.4, -0.2) is 20.1 Å². The molecule has 0 aromatic heterocycles. The maximum atomic E-state index is 12.3. The SMILES string of the molecule is CC(=O)c1ccc(CC(=O)NS(=O)(=O)c2cc(Br)cc(C#N)c2)cc1. The molecule has 1 amide bonds. The zero-order chi connectivity index (χ0) is 18.6. The highest BCUT2D eigenvalue weighted by atomic mass is 79.9. The third-order valence-corrected chi connectivity index (χ3v) is 5.09. The summed E-state index contributed by atoms with van der Waals surface area (Å²) in [5, 5.41) is 8.91. The summed E-state index contributed by atoms with van der Waals surface area (Å²) in [6.07, 6.45) is -0.156. The molecule has 0 saturated heterocycles. The molecule has 2 aromatic rings. The Kier molecular flexibility index (Phi) is 5.72. The molecular formula is C17H13BrN2O4S. The molecule has 0 aliphatic rings. The average molecular weight is 421 g/mol. The van der Waals surface area contributed by atoms with Gasteiger partial charge in [-0.3, -0.25) is 9.59 Å². The Bertz CT molecular complexity index is 977. The molecule has 25 heavy (non-hydrogen) atoms. The van der Waals surface area contributed by atoms with Gasteiger partial charge in [-0.2, -0.15) is 5.26 Å². The van der Waals surface area contributed by atoms with Crippen LogP contribution < -0.4 is 4.72 Å². The van der Waals surface area contributed by atoms with Gasteiger partial charge in [-0.05, 0) is 30.7 Å². The predicted molar refractivity (Wildman–Crippen MR) is 94.3 cm³/mol. The van der Waals surface area contributed by atoms with Crippen LogP contribution in [0.5, 0.6) is 0 Å². The second-order valence-electron chi connectivity index (χ2n) is 5.25. The van der Waals surface area contributed by atoms with Crippen LogP contribution in [0.4, 0.5) is 0 Å². The highest BCUT2D eigenvalue weighted by Crippen LogP contribution is 2.19. The van der Waals surface area contributed by atoms with E-state index in [4.69, 9.17) is 5.26 Å². The highest BCUT2D eigenvalue weighted by molar-refractivity contribution is 9.10. The molecule has 0 heterocycles. The zero-order valence-corrected chi connectivity index (χ0v) is 15.5. The van der Waals surface area contributed by atoms with Gasteiger partial charge >= 0.3 is 0 Å². The Morgan fingerprint density at radius 3 is 2.36 bits per heavy atom. The molecule has 0 unspecified atom stereocenters. The molecule has 0 aliphatic carbocycles. The van der Waals surface area contributed by atoms with Crippen molar-refractivity contribution in [2.75, 3.05) is 0 Å². The van der Waals surface area contributed by atoms with Crippen LogP contribution in [0.25, 0.3) is 0 Å². The third kappa shape index (κ3) is 4.98. The number of halogens is 1. The van der Waals surface area contributed by atoms with E-state index in [1.54, 1.807) is 24.3 Å². The van der Waals surface area contributed by atoms with Gasteiger partial charge in [0.25, 0.3) is 10.0 Å². The number of nitrogens with one attached hydrogen (secondary N) is 1. The summed E-state index contributed by atoms with van der Waals surface area (Å²) in [6, 6.07) is 12.1. The van der Waals surface area contributed by atoms with Crippen molar-refractivity contribution in [2.45, 2.75) is 18.2 Å². The van der Waals surface area contributed by atoms with Crippen molar-refractivity contribution in [2.24, 2.45) is 0 Å². The monoisotopic (exact) mass is 420 g/mol. The normalized spacial score (nSPS) is 10.8. The second kappa shape index (κ2) is 7.59. The minimum absolute atomic E-state index is 0.0958. The number of ketones is 1. The van der Waals surface area contributed by atoms with Crippen molar-refractivity contribution >= 4 is 37.6 Å². The summed E-state index contributed by atoms with van der Waals surface area (Å²) >= 11 is 3.13. The summed E-state index contributed by atoms with van der Waals surface area (Å²) in [5.74, 6) is -0.810. The minimum Gasteiger partial charge on any atom is -0.295 e. The van der Waals surface area contributed by atoms with Crippen LogP contribution in [0.15, 0.2) is 51.8 Å². The maximum Gasteiger partial charge on any atom is 0.264 e. The molecule has 1 N–H and O–H groups in total. The van der Waals surface area contributed by atoms with E-state index < -0.39 is 15.9 Å². The Balaban J connectivity index is 2.15. The highest BCUT2D eigenvalue weighted by Gasteiger charge is 2.19. The lowest BCUT2D eigenvalue weighted by Gasteiger charge is -2.08. The summed E-state index contributed by atoms with van der Waals surface area (Å²) in [7, 11) is -4.09. The lowest BCUT2D eigenvalue weighted by molar-refractivity contribution is -0.118. The fourth-order valence-electron chi connectivity index (χ4n) is 2.07. The summed E-state index contributed by atoms with van der Waals surface area (Å²) in [6.45, 7) is 1.43. The number of amides is 1. The first-order chi connectivity index (χ1) is 11.7. The van der Waals surface area contributed by atoms with E-state index >= 15 is 0 Å². The van der Waals surface area contributed by atoms with Crippen LogP contribution in [0, 0.1) is 11.3 Å². The maximum absolute atomic E-state index is 12.3. The Hall–Kier alpha value is -2.50. The van der Waals surface area contributed by atoms with Gasteiger partial charge in [0.2, 0.25) is 5.91 Å². The molecule has 8 heteroatoms. The summed E-state index contributed by atoms with van der Waals surface area (Å²) in [5.41, 5.74) is 1.24. The van der Waals surface area contributed by atoms with Crippen molar-refractivity contribution in [3.8, 4) is 6.07 Å². The number of benzene rings is 2. The van der Waals surface area contributed by atoms with E-state index in [9.17, 15) is 18.0 Å². The van der Waals surface area contributed by atoms with Gasteiger partial charge in [0, 0.05) is 10.0 Å². The van der Waals surface area contributed by atoms with Crippen LogP contribution in [0.3, 0.4) is 0 Å². The Morgan fingerprint density at radius 1 is 1.16 bits per heavy atom. The zero-order valence-electron chi connectivity index (χ0n) is 13.1. The topological polar surface area (TPSA) is 104 Å². The van der Waals surface area contributed by atoms with Gasteiger partial charge in [0.1, 0.15) is 0 Å². The summed E-state index contributed by atoms with van der Waals surface area (Å²) in [4.78, 5) is 23.1.